The van der Waals surface area contributed by atoms with Gasteiger partial charge in [-0.05, 0) is 30.0 Å². The summed E-state index contributed by atoms with van der Waals surface area (Å²) in [7, 11) is 0. The molecule has 6 heteroatoms. The lowest BCUT2D eigenvalue weighted by Gasteiger charge is -2.24. The summed E-state index contributed by atoms with van der Waals surface area (Å²) >= 11 is 0. The molecule has 1 atom stereocenters. The molecule has 3 heterocycles. The molecule has 0 spiro atoms. The number of rotatable bonds is 4. The highest BCUT2D eigenvalue weighted by Gasteiger charge is 2.25. The molecule has 0 saturated carbocycles. The SMILES string of the molecule is CC(=O)N1CCN(Cc2cnccn2)CC(Cc2cnc3ccccc3c2)C1. The van der Waals surface area contributed by atoms with Crippen LogP contribution in [0.1, 0.15) is 18.2 Å². The average Bonchev–Trinajstić information content (AvgIpc) is 2.91. The molecule has 4 rings (SSSR count). The molecular weight excluding hydrogens is 350 g/mol. The topological polar surface area (TPSA) is 62.2 Å². The van der Waals surface area contributed by atoms with Gasteiger partial charge >= 0.3 is 0 Å². The first-order chi connectivity index (χ1) is 13.7. The van der Waals surface area contributed by atoms with Crippen molar-refractivity contribution in [3.05, 3.63) is 66.4 Å². The maximum atomic E-state index is 12.1. The predicted molar refractivity (Wildman–Crippen MR) is 109 cm³/mol. The quantitative estimate of drug-likeness (QED) is 0.701. The van der Waals surface area contributed by atoms with Crippen LogP contribution in [0.15, 0.2) is 55.1 Å². The molecule has 1 aliphatic rings. The van der Waals surface area contributed by atoms with Gasteiger partial charge in [0.15, 0.2) is 0 Å². The van der Waals surface area contributed by atoms with E-state index < -0.39 is 0 Å². The molecule has 28 heavy (non-hydrogen) atoms. The van der Waals surface area contributed by atoms with Crippen LogP contribution in [0.4, 0.5) is 0 Å². The molecule has 0 aliphatic carbocycles. The van der Waals surface area contributed by atoms with E-state index in [1.54, 1.807) is 19.3 Å². The second kappa shape index (κ2) is 8.44. The fraction of sp³-hybridized carbons (Fsp3) is 0.364. The Morgan fingerprint density at radius 1 is 1.11 bits per heavy atom. The van der Waals surface area contributed by atoms with Crippen molar-refractivity contribution < 1.29 is 4.79 Å². The number of fused-ring (bicyclic) bond motifs is 1. The van der Waals surface area contributed by atoms with Gasteiger partial charge in [0, 0.05) is 69.8 Å². The molecule has 6 nitrogen and oxygen atoms in total. The van der Waals surface area contributed by atoms with Gasteiger partial charge in [-0.1, -0.05) is 18.2 Å². The lowest BCUT2D eigenvalue weighted by molar-refractivity contribution is -0.129. The number of carbonyl (C=O) groups is 1. The predicted octanol–water partition coefficient (Wildman–Crippen LogP) is 2.55. The molecule has 1 amide bonds. The molecule has 1 unspecified atom stereocenters. The highest BCUT2D eigenvalue weighted by atomic mass is 16.2. The first-order valence-electron chi connectivity index (χ1n) is 9.74. The van der Waals surface area contributed by atoms with Crippen LogP contribution in [-0.4, -0.2) is 56.8 Å². The summed E-state index contributed by atoms with van der Waals surface area (Å²) in [5.41, 5.74) is 3.19. The average molecular weight is 375 g/mol. The second-order valence-corrected chi connectivity index (χ2v) is 7.50. The Balaban J connectivity index is 1.52. The van der Waals surface area contributed by atoms with Crippen molar-refractivity contribution in [2.24, 2.45) is 5.92 Å². The molecule has 3 aromatic rings. The van der Waals surface area contributed by atoms with Crippen LogP contribution in [0.2, 0.25) is 0 Å². The number of pyridine rings is 1. The van der Waals surface area contributed by atoms with Gasteiger partial charge in [-0.25, -0.2) is 0 Å². The molecule has 0 bridgehead atoms. The minimum Gasteiger partial charge on any atom is -0.341 e. The van der Waals surface area contributed by atoms with Crippen LogP contribution < -0.4 is 0 Å². The smallest absolute Gasteiger partial charge is 0.219 e. The van der Waals surface area contributed by atoms with Crippen LogP contribution in [0.25, 0.3) is 10.9 Å². The van der Waals surface area contributed by atoms with Gasteiger partial charge in [0.1, 0.15) is 0 Å². The standard InChI is InChI=1S/C22H25N5O/c1-17(28)27-9-8-26(16-21-13-23-6-7-24-21)14-19(15-27)10-18-11-20-4-2-3-5-22(20)25-12-18/h2-7,11-13,19H,8-10,14-16H2,1H3. The minimum absolute atomic E-state index is 0.142. The monoisotopic (exact) mass is 375 g/mol. The third-order valence-corrected chi connectivity index (χ3v) is 5.30. The number of benzene rings is 1. The Kier molecular flexibility index (Phi) is 5.58. The largest absolute Gasteiger partial charge is 0.341 e. The van der Waals surface area contributed by atoms with E-state index in [4.69, 9.17) is 0 Å². The van der Waals surface area contributed by atoms with Crippen molar-refractivity contribution in [3.63, 3.8) is 0 Å². The molecule has 2 aromatic heterocycles. The van der Waals surface area contributed by atoms with E-state index in [2.05, 4.69) is 32.0 Å². The fourth-order valence-corrected chi connectivity index (χ4v) is 3.94. The molecule has 0 N–H and O–H groups in total. The van der Waals surface area contributed by atoms with E-state index in [0.717, 1.165) is 55.7 Å². The molecule has 1 fully saturated rings. The number of carbonyl (C=O) groups excluding carboxylic acids is 1. The van der Waals surface area contributed by atoms with Gasteiger partial charge in [0.2, 0.25) is 5.91 Å². The summed E-state index contributed by atoms with van der Waals surface area (Å²) in [6, 6.07) is 10.4. The van der Waals surface area contributed by atoms with Crippen LogP contribution in [0.3, 0.4) is 0 Å². The summed E-state index contributed by atoms with van der Waals surface area (Å²) in [6.07, 6.45) is 8.11. The van der Waals surface area contributed by atoms with Crippen LogP contribution in [-0.2, 0) is 17.8 Å². The van der Waals surface area contributed by atoms with Gasteiger partial charge in [-0.3, -0.25) is 24.6 Å². The van der Waals surface area contributed by atoms with Crippen LogP contribution in [0, 0.1) is 5.92 Å². The van der Waals surface area contributed by atoms with Crippen molar-refractivity contribution in [2.75, 3.05) is 26.2 Å². The Bertz CT molecular complexity index is 946. The van der Waals surface area contributed by atoms with Crippen molar-refractivity contribution >= 4 is 16.8 Å². The van der Waals surface area contributed by atoms with Gasteiger partial charge in [-0.2, -0.15) is 0 Å². The summed E-state index contributed by atoms with van der Waals surface area (Å²) in [5.74, 6) is 0.494. The zero-order valence-corrected chi connectivity index (χ0v) is 16.2. The highest BCUT2D eigenvalue weighted by molar-refractivity contribution is 5.78. The summed E-state index contributed by atoms with van der Waals surface area (Å²) in [4.78, 5) is 29.6. The third kappa shape index (κ3) is 4.51. The number of aromatic nitrogens is 3. The van der Waals surface area contributed by atoms with E-state index in [0.29, 0.717) is 5.92 Å². The third-order valence-electron chi connectivity index (χ3n) is 5.30. The van der Waals surface area contributed by atoms with E-state index in [1.807, 2.05) is 35.5 Å². The fourth-order valence-electron chi connectivity index (χ4n) is 3.94. The molecule has 1 aromatic carbocycles. The summed E-state index contributed by atoms with van der Waals surface area (Å²) in [5, 5.41) is 1.16. The second-order valence-electron chi connectivity index (χ2n) is 7.50. The molecule has 1 saturated heterocycles. The summed E-state index contributed by atoms with van der Waals surface area (Å²) in [6.45, 7) is 5.72. The lowest BCUT2D eigenvalue weighted by atomic mass is 9.98. The van der Waals surface area contributed by atoms with Crippen molar-refractivity contribution in [2.45, 2.75) is 19.9 Å². The number of amides is 1. The van der Waals surface area contributed by atoms with E-state index in [1.165, 1.54) is 5.56 Å². The highest BCUT2D eigenvalue weighted by Crippen LogP contribution is 2.19. The van der Waals surface area contributed by atoms with Gasteiger partial charge in [-0.15, -0.1) is 0 Å². The van der Waals surface area contributed by atoms with E-state index >= 15 is 0 Å². The van der Waals surface area contributed by atoms with Gasteiger partial charge in [0.25, 0.3) is 0 Å². The summed E-state index contributed by atoms with van der Waals surface area (Å²) < 4.78 is 0. The minimum atomic E-state index is 0.142. The van der Waals surface area contributed by atoms with E-state index in [-0.39, 0.29) is 5.91 Å². The molecule has 1 aliphatic heterocycles. The van der Waals surface area contributed by atoms with Crippen LogP contribution >= 0.6 is 0 Å². The van der Waals surface area contributed by atoms with Gasteiger partial charge < -0.3 is 4.90 Å². The first kappa shape index (κ1) is 18.5. The zero-order chi connectivity index (χ0) is 19.3. The molecule has 0 radical (unpaired) electrons. The van der Waals surface area contributed by atoms with Crippen molar-refractivity contribution in [3.8, 4) is 0 Å². The molecule has 144 valence electrons. The Labute approximate surface area is 165 Å². The number of hydrogen-bond donors (Lipinski definition) is 0. The number of para-hydroxylation sites is 1. The maximum Gasteiger partial charge on any atom is 0.219 e. The first-order valence-corrected chi connectivity index (χ1v) is 9.74. The van der Waals surface area contributed by atoms with Crippen molar-refractivity contribution in [1.82, 2.24) is 24.8 Å². The maximum absolute atomic E-state index is 12.1. The molecular formula is C22H25N5O. The van der Waals surface area contributed by atoms with Gasteiger partial charge in [0.05, 0.1) is 11.2 Å². The van der Waals surface area contributed by atoms with E-state index in [9.17, 15) is 4.79 Å². The zero-order valence-electron chi connectivity index (χ0n) is 16.2. The van der Waals surface area contributed by atoms with Crippen LogP contribution in [0.5, 0.6) is 0 Å². The normalized spacial score (nSPS) is 18.2. The number of hydrogen-bond acceptors (Lipinski definition) is 5. The van der Waals surface area contributed by atoms with Crippen molar-refractivity contribution in [1.29, 1.82) is 0 Å². The lowest BCUT2D eigenvalue weighted by Crippen LogP contribution is -2.34. The Hall–Kier alpha value is -2.86. The Morgan fingerprint density at radius 2 is 2.00 bits per heavy atom. The Morgan fingerprint density at radius 3 is 2.82 bits per heavy atom. The number of nitrogens with zero attached hydrogens (tertiary/aromatic N) is 5.